The first-order valence-electron chi connectivity index (χ1n) is 20.2. The fourth-order valence-corrected chi connectivity index (χ4v) is 8.22. The second kappa shape index (κ2) is 21.0. The molecule has 3 aliphatic carbocycles. The number of carbonyl (C=O) groups excluding carboxylic acids is 2. The van der Waals surface area contributed by atoms with Gasteiger partial charge in [-0.2, -0.15) is 0 Å². The number of aromatic nitrogens is 1. The fraction of sp³-hybridized carbons (Fsp3) is 0.548. The number of nitrogens with one attached hydrogen (secondary N) is 4. The Bertz CT molecular complexity index is 1810. The molecule has 0 saturated heterocycles. The second-order valence-corrected chi connectivity index (χ2v) is 17.0. The van der Waals surface area contributed by atoms with Crippen LogP contribution in [-0.2, 0) is 16.9 Å². The summed E-state index contributed by atoms with van der Waals surface area (Å²) < 4.78 is 12.9. The summed E-state index contributed by atoms with van der Waals surface area (Å²) in [6.45, 7) is -0.209. The molecule has 1 aromatic heterocycles. The van der Waals surface area contributed by atoms with Gasteiger partial charge >= 0.3 is 12.1 Å². The van der Waals surface area contributed by atoms with Crippen LogP contribution in [0.1, 0.15) is 75.3 Å². The summed E-state index contributed by atoms with van der Waals surface area (Å²) in [6.07, 6.45) is 5.79. The van der Waals surface area contributed by atoms with Crippen LogP contribution in [0.5, 0.6) is 5.75 Å². The number of hydrogen-bond acceptors (Lipinski definition) is 11. The van der Waals surface area contributed by atoms with Crippen LogP contribution in [0.25, 0.3) is 11.1 Å². The Morgan fingerprint density at radius 3 is 2.24 bits per heavy atom. The number of amides is 4. The van der Waals surface area contributed by atoms with E-state index in [1.807, 2.05) is 42.7 Å². The van der Waals surface area contributed by atoms with Crippen LogP contribution in [0.2, 0.25) is 5.02 Å². The van der Waals surface area contributed by atoms with Crippen LogP contribution in [0.3, 0.4) is 0 Å². The zero-order chi connectivity index (χ0) is 41.1. The van der Waals surface area contributed by atoms with Gasteiger partial charge < -0.3 is 56.3 Å². The number of halogens is 1. The number of para-hydroxylation sites is 1. The zero-order valence-corrected chi connectivity index (χ0v) is 34.1. The van der Waals surface area contributed by atoms with Crippen molar-refractivity contribution in [3.05, 3.63) is 77.1 Å². The molecule has 0 spiro atoms. The van der Waals surface area contributed by atoms with Crippen LogP contribution in [0, 0.1) is 0 Å². The summed E-state index contributed by atoms with van der Waals surface area (Å²) in [7, 11) is 0. The summed E-state index contributed by atoms with van der Waals surface area (Å²) in [5.41, 5.74) is 3.74. The average molecular weight is 842 g/mol. The van der Waals surface area contributed by atoms with Gasteiger partial charge in [0.2, 0.25) is 0 Å². The number of carbonyl (C=O) groups is 2. The van der Waals surface area contributed by atoms with Gasteiger partial charge in [-0.15, -0.1) is 11.8 Å². The van der Waals surface area contributed by atoms with Crippen LogP contribution >= 0.6 is 23.4 Å². The lowest BCUT2D eigenvalue weighted by atomic mass is 9.91. The van der Waals surface area contributed by atoms with Gasteiger partial charge in [0, 0.05) is 58.6 Å². The standard InChI is InChI=1S/C42H56ClN5O9S/c43-34-14-13-30(21-26(34)25-56-42(16-17-42)33-22-44-19-15-31(33)32-5-1-2-6-37(32)57-29-11-12-29)58-20-4-3-18-45-40(54)47-27-7-9-28(10-8-27)48-41(55)46-23-35(50)38(52)39(53)36(51)24-49/h1-2,5-6,13-15,19,21-22,27-29,35-36,38-39,49-53H,3-4,7-12,16-18,20,23-25H2,(H2,45,47,54)(H2,46,48,55)/t27-,28-,35-,36+,38+,39+/m0/s1. The van der Waals surface area contributed by atoms with Gasteiger partial charge in [-0.05, 0) is 111 Å². The van der Waals surface area contributed by atoms with E-state index in [9.17, 15) is 30.0 Å². The van der Waals surface area contributed by atoms with E-state index in [1.165, 1.54) is 0 Å². The first-order chi connectivity index (χ1) is 28.0. The maximum atomic E-state index is 12.5. The monoisotopic (exact) mass is 841 g/mol. The molecule has 1 heterocycles. The first-order valence-corrected chi connectivity index (χ1v) is 21.6. The zero-order valence-electron chi connectivity index (χ0n) is 32.5. The Hall–Kier alpha value is -3.67. The molecule has 0 aliphatic heterocycles. The minimum atomic E-state index is -1.76. The number of aliphatic hydroxyl groups is 5. The van der Waals surface area contributed by atoms with Crippen molar-refractivity contribution in [1.29, 1.82) is 0 Å². The second-order valence-electron chi connectivity index (χ2n) is 15.4. The van der Waals surface area contributed by atoms with E-state index in [4.69, 9.17) is 26.2 Å². The highest BCUT2D eigenvalue weighted by atomic mass is 35.5. The molecule has 16 heteroatoms. The van der Waals surface area contributed by atoms with Gasteiger partial charge in [0.25, 0.3) is 0 Å². The Morgan fingerprint density at radius 1 is 0.862 bits per heavy atom. The molecule has 0 unspecified atom stereocenters. The van der Waals surface area contributed by atoms with Gasteiger partial charge in [-0.3, -0.25) is 4.98 Å². The van der Waals surface area contributed by atoms with Crippen molar-refractivity contribution in [2.24, 2.45) is 0 Å². The highest BCUT2D eigenvalue weighted by Crippen LogP contribution is 2.53. The Kier molecular flexibility index (Phi) is 15.9. The summed E-state index contributed by atoms with van der Waals surface area (Å²) >= 11 is 8.40. The smallest absolute Gasteiger partial charge is 0.315 e. The van der Waals surface area contributed by atoms with Crippen LogP contribution in [0.15, 0.2) is 65.8 Å². The van der Waals surface area contributed by atoms with E-state index in [1.54, 1.807) is 11.8 Å². The molecule has 3 fully saturated rings. The quantitative estimate of drug-likeness (QED) is 0.0543. The number of benzene rings is 2. The summed E-state index contributed by atoms with van der Waals surface area (Å²) in [6, 6.07) is 15.4. The van der Waals surface area contributed by atoms with Crippen molar-refractivity contribution in [3.8, 4) is 16.9 Å². The van der Waals surface area contributed by atoms with E-state index >= 15 is 0 Å². The van der Waals surface area contributed by atoms with Crippen LogP contribution < -0.4 is 26.0 Å². The van der Waals surface area contributed by atoms with E-state index in [-0.39, 0.29) is 24.7 Å². The Balaban J connectivity index is 0.857. The lowest BCUT2D eigenvalue weighted by Crippen LogP contribution is -2.52. The SMILES string of the molecule is O=C(NCCCCSc1ccc(Cl)c(COC2(c3cnccc3-c3ccccc3OC3CC3)CC2)c1)N[C@H]1CC[C@H](NC(=O)NC[C@H](O)[C@@H](O)[C@H](O)[C@H](O)CO)CC1. The molecule has 3 aliphatic rings. The Morgan fingerprint density at radius 2 is 1.55 bits per heavy atom. The predicted octanol–water partition coefficient (Wildman–Crippen LogP) is 4.37. The molecule has 2 aromatic carbocycles. The third-order valence-electron chi connectivity index (χ3n) is 10.9. The highest BCUT2D eigenvalue weighted by molar-refractivity contribution is 7.99. The molecule has 9 N–H and O–H groups in total. The molecule has 0 bridgehead atoms. The van der Waals surface area contributed by atoms with E-state index in [0.29, 0.717) is 50.0 Å². The average Bonchev–Trinajstić information content (AvgIpc) is 4.19. The van der Waals surface area contributed by atoms with Gasteiger partial charge in [0.05, 0.1) is 31.0 Å². The molecule has 3 saturated carbocycles. The first kappa shape index (κ1) is 43.9. The third-order valence-corrected chi connectivity index (χ3v) is 12.3. The maximum absolute atomic E-state index is 12.5. The largest absolute Gasteiger partial charge is 0.490 e. The number of urea groups is 2. The minimum absolute atomic E-state index is 0.0133. The van der Waals surface area contributed by atoms with Crippen molar-refractivity contribution in [2.75, 3.05) is 25.4 Å². The number of aliphatic hydroxyl groups excluding tert-OH is 5. The van der Waals surface area contributed by atoms with Gasteiger partial charge in [-0.1, -0.05) is 29.8 Å². The molecule has 4 atom stereocenters. The molecule has 14 nitrogen and oxygen atoms in total. The number of ether oxygens (including phenoxy) is 2. The normalized spacial score (nSPS) is 20.6. The predicted molar refractivity (Wildman–Crippen MR) is 221 cm³/mol. The molecule has 3 aromatic rings. The fourth-order valence-electron chi connectivity index (χ4n) is 7.08. The lowest BCUT2D eigenvalue weighted by Gasteiger charge is -2.30. The number of unbranched alkanes of at least 4 members (excludes halogenated alkanes) is 1. The summed E-state index contributed by atoms with van der Waals surface area (Å²) in [5, 5.41) is 59.8. The van der Waals surface area contributed by atoms with Crippen LogP contribution in [-0.4, -0.2) is 111 Å². The van der Waals surface area contributed by atoms with Crippen molar-refractivity contribution < 1.29 is 44.6 Å². The molecular weight excluding hydrogens is 786 g/mol. The van der Waals surface area contributed by atoms with Crippen molar-refractivity contribution >= 4 is 35.4 Å². The molecular formula is C42H56ClN5O9S. The van der Waals surface area contributed by atoms with E-state index < -0.39 is 42.7 Å². The number of nitrogens with zero attached hydrogens (tertiary/aromatic N) is 1. The van der Waals surface area contributed by atoms with Crippen molar-refractivity contribution in [2.45, 2.75) is 124 Å². The summed E-state index contributed by atoms with van der Waals surface area (Å²) in [5.74, 6) is 1.78. The number of pyridine rings is 1. The van der Waals surface area contributed by atoms with Crippen LogP contribution in [0.4, 0.5) is 9.59 Å². The molecule has 316 valence electrons. The number of rotatable bonds is 21. The van der Waals surface area contributed by atoms with Gasteiger partial charge in [0.1, 0.15) is 24.1 Å². The van der Waals surface area contributed by atoms with Crippen molar-refractivity contribution in [1.82, 2.24) is 26.3 Å². The lowest BCUT2D eigenvalue weighted by molar-refractivity contribution is -0.113. The van der Waals surface area contributed by atoms with E-state index in [2.05, 4.69) is 44.5 Å². The molecule has 0 radical (unpaired) electrons. The molecule has 4 amide bonds. The minimum Gasteiger partial charge on any atom is -0.490 e. The number of thioether (sulfide) groups is 1. The Labute approximate surface area is 348 Å². The van der Waals surface area contributed by atoms with Gasteiger partial charge in [-0.25, -0.2) is 9.59 Å². The topological polar surface area (TPSA) is 215 Å². The van der Waals surface area contributed by atoms with Gasteiger partial charge in [0.15, 0.2) is 0 Å². The van der Waals surface area contributed by atoms with Crippen molar-refractivity contribution in [3.63, 3.8) is 0 Å². The molecule has 58 heavy (non-hydrogen) atoms. The maximum Gasteiger partial charge on any atom is 0.315 e. The molecule has 6 rings (SSSR count). The highest BCUT2D eigenvalue weighted by Gasteiger charge is 2.48. The van der Waals surface area contributed by atoms with E-state index in [0.717, 1.165) is 77.2 Å². The summed E-state index contributed by atoms with van der Waals surface area (Å²) in [4.78, 5) is 30.4. The third kappa shape index (κ3) is 12.4. The number of hydrogen-bond donors (Lipinski definition) is 9.